The van der Waals surface area contributed by atoms with Crippen LogP contribution >= 0.6 is 11.6 Å². The summed E-state index contributed by atoms with van der Waals surface area (Å²) < 4.78 is 1.50. The number of ketones is 1. The van der Waals surface area contributed by atoms with Crippen LogP contribution in [0.4, 0.5) is 0 Å². The lowest BCUT2D eigenvalue weighted by atomic mass is 10.0. The molecule has 27 heavy (non-hydrogen) atoms. The molecule has 1 aliphatic rings. The molecule has 1 aromatic carbocycles. The van der Waals surface area contributed by atoms with Gasteiger partial charge in [0.05, 0.1) is 0 Å². The van der Waals surface area contributed by atoms with E-state index in [1.165, 1.54) is 10.6 Å². The Morgan fingerprint density at radius 2 is 2.15 bits per heavy atom. The largest absolute Gasteiger partial charge is 0.298 e. The van der Waals surface area contributed by atoms with E-state index < -0.39 is 0 Å². The quantitative estimate of drug-likeness (QED) is 0.701. The highest BCUT2D eigenvalue weighted by molar-refractivity contribution is 6.30. The van der Waals surface area contributed by atoms with Gasteiger partial charge in [-0.3, -0.25) is 19.6 Å². The highest BCUT2D eigenvalue weighted by Crippen LogP contribution is 2.29. The van der Waals surface area contributed by atoms with E-state index in [9.17, 15) is 9.59 Å². The van der Waals surface area contributed by atoms with Gasteiger partial charge in [-0.25, -0.2) is 9.50 Å². The van der Waals surface area contributed by atoms with E-state index in [-0.39, 0.29) is 11.3 Å². The van der Waals surface area contributed by atoms with Gasteiger partial charge in [-0.2, -0.15) is 0 Å². The molecule has 1 aliphatic heterocycles. The van der Waals surface area contributed by atoms with Gasteiger partial charge >= 0.3 is 0 Å². The zero-order chi connectivity index (χ0) is 19.1. The van der Waals surface area contributed by atoms with Gasteiger partial charge in [0.15, 0.2) is 11.4 Å². The lowest BCUT2D eigenvalue weighted by Crippen LogP contribution is -2.21. The van der Waals surface area contributed by atoms with Gasteiger partial charge < -0.3 is 0 Å². The van der Waals surface area contributed by atoms with Crippen LogP contribution < -0.4 is 5.56 Å². The molecule has 0 unspecified atom stereocenters. The smallest absolute Gasteiger partial charge is 0.272 e. The van der Waals surface area contributed by atoms with Crippen molar-refractivity contribution in [3.8, 4) is 0 Å². The molecule has 0 saturated carbocycles. The molecule has 140 valence electrons. The molecule has 1 saturated heterocycles. The van der Waals surface area contributed by atoms with Gasteiger partial charge in [-0.15, -0.1) is 0 Å². The van der Waals surface area contributed by atoms with E-state index in [0.29, 0.717) is 23.1 Å². The Labute approximate surface area is 161 Å². The summed E-state index contributed by atoms with van der Waals surface area (Å²) in [5.74, 6) is 0.347. The number of aromatic amines is 1. The Kier molecular flexibility index (Phi) is 4.61. The predicted octanol–water partition coefficient (Wildman–Crippen LogP) is 3.18. The normalized spacial score (nSPS) is 17.7. The van der Waals surface area contributed by atoms with Crippen LogP contribution in [0.15, 0.2) is 35.1 Å². The fourth-order valence-corrected chi connectivity index (χ4v) is 4.04. The minimum Gasteiger partial charge on any atom is -0.298 e. The summed E-state index contributed by atoms with van der Waals surface area (Å²) in [6.07, 6.45) is 0.983. The molecule has 3 heterocycles. The number of hydrogen-bond acceptors (Lipinski definition) is 4. The van der Waals surface area contributed by atoms with Crippen molar-refractivity contribution in [1.29, 1.82) is 0 Å². The fourth-order valence-electron chi connectivity index (χ4n) is 3.85. The van der Waals surface area contributed by atoms with Gasteiger partial charge in [0.2, 0.25) is 0 Å². The molecule has 3 aromatic rings. The fraction of sp³-hybridized carbons (Fsp3) is 0.350. The van der Waals surface area contributed by atoms with Crippen LogP contribution in [-0.2, 0) is 6.54 Å². The number of benzene rings is 1. The third-order valence-electron chi connectivity index (χ3n) is 5.15. The number of halogens is 1. The maximum absolute atomic E-state index is 12.1. The van der Waals surface area contributed by atoms with Crippen LogP contribution in [0, 0.1) is 6.92 Å². The average molecular weight is 385 g/mol. The number of aryl methyl sites for hydroxylation is 1. The van der Waals surface area contributed by atoms with Crippen molar-refractivity contribution in [1.82, 2.24) is 19.5 Å². The summed E-state index contributed by atoms with van der Waals surface area (Å²) >= 11 is 6.13. The standard InChI is InChI=1S/C20H21ClN4O2/c1-12-7-20(27)25-19(22-12)9-18(23-25)14-5-6-24(10-14)11-15-8-16(21)3-4-17(15)13(2)26/h3-4,7-9,14,23H,5-6,10-11H2,1-2H3/t14-/m0/s1. The first-order valence-electron chi connectivity index (χ1n) is 9.02. The number of hydrogen-bond donors (Lipinski definition) is 1. The number of H-pyrrole nitrogens is 1. The molecule has 2 aromatic heterocycles. The number of carbonyl (C=O) groups is 1. The summed E-state index contributed by atoms with van der Waals surface area (Å²) in [5.41, 5.74) is 3.98. The van der Waals surface area contributed by atoms with Crippen molar-refractivity contribution < 1.29 is 4.79 Å². The summed E-state index contributed by atoms with van der Waals surface area (Å²) in [5, 5.41) is 3.84. The number of rotatable bonds is 4. The summed E-state index contributed by atoms with van der Waals surface area (Å²) in [7, 11) is 0. The summed E-state index contributed by atoms with van der Waals surface area (Å²) in [4.78, 5) is 30.7. The zero-order valence-electron chi connectivity index (χ0n) is 15.3. The third-order valence-corrected chi connectivity index (χ3v) is 5.39. The number of Topliss-reactive ketones (excluding diaryl/α,β-unsaturated/α-hetero) is 1. The lowest BCUT2D eigenvalue weighted by molar-refractivity contribution is 0.101. The van der Waals surface area contributed by atoms with E-state index in [1.54, 1.807) is 19.1 Å². The number of likely N-dealkylation sites (tertiary alicyclic amines) is 1. The van der Waals surface area contributed by atoms with Crippen LogP contribution in [0.25, 0.3) is 5.65 Å². The number of fused-ring (bicyclic) bond motifs is 1. The molecule has 0 amide bonds. The maximum Gasteiger partial charge on any atom is 0.272 e. The molecular formula is C20H21ClN4O2. The number of aromatic nitrogens is 3. The highest BCUT2D eigenvalue weighted by Gasteiger charge is 2.26. The van der Waals surface area contributed by atoms with Crippen LogP contribution in [0.5, 0.6) is 0 Å². The van der Waals surface area contributed by atoms with Crippen molar-refractivity contribution >= 4 is 23.0 Å². The van der Waals surface area contributed by atoms with Crippen molar-refractivity contribution in [2.24, 2.45) is 0 Å². The molecule has 0 bridgehead atoms. The van der Waals surface area contributed by atoms with Gasteiger partial charge in [0.1, 0.15) is 0 Å². The first kappa shape index (κ1) is 17.9. The SMILES string of the molecule is CC(=O)c1ccc(Cl)cc1CN1CC[C@H](c2cc3nc(C)cc(=O)n3[nH]2)C1. The first-order chi connectivity index (χ1) is 12.9. The molecule has 0 aliphatic carbocycles. The van der Waals surface area contributed by atoms with Crippen LogP contribution in [0.2, 0.25) is 5.02 Å². The van der Waals surface area contributed by atoms with Gasteiger partial charge in [-0.1, -0.05) is 11.6 Å². The Hall–Kier alpha value is -2.44. The van der Waals surface area contributed by atoms with Crippen molar-refractivity contribution in [3.63, 3.8) is 0 Å². The van der Waals surface area contributed by atoms with Crippen LogP contribution in [-0.4, -0.2) is 38.4 Å². The minimum atomic E-state index is -0.0939. The van der Waals surface area contributed by atoms with Gasteiger partial charge in [-0.05, 0) is 50.6 Å². The Morgan fingerprint density at radius 3 is 2.93 bits per heavy atom. The van der Waals surface area contributed by atoms with Crippen LogP contribution in [0.1, 0.15) is 46.6 Å². The highest BCUT2D eigenvalue weighted by atomic mass is 35.5. The van der Waals surface area contributed by atoms with Gasteiger partial charge in [0.25, 0.3) is 5.56 Å². The Balaban J connectivity index is 1.55. The van der Waals surface area contributed by atoms with Gasteiger partial charge in [0, 0.05) is 53.1 Å². The lowest BCUT2D eigenvalue weighted by Gasteiger charge is -2.18. The van der Waals surface area contributed by atoms with E-state index in [0.717, 1.165) is 42.0 Å². The molecule has 0 spiro atoms. The molecular weight excluding hydrogens is 364 g/mol. The Bertz CT molecular complexity index is 1090. The molecule has 6 nitrogen and oxygen atoms in total. The number of nitrogens with zero attached hydrogens (tertiary/aromatic N) is 3. The van der Waals surface area contributed by atoms with Crippen molar-refractivity contribution in [2.75, 3.05) is 13.1 Å². The summed E-state index contributed by atoms with van der Waals surface area (Å²) in [6.45, 7) is 5.86. The molecule has 1 atom stereocenters. The Morgan fingerprint density at radius 1 is 1.33 bits per heavy atom. The second kappa shape index (κ2) is 6.94. The van der Waals surface area contributed by atoms with E-state index in [1.807, 2.05) is 19.1 Å². The van der Waals surface area contributed by atoms with E-state index in [4.69, 9.17) is 11.6 Å². The first-order valence-corrected chi connectivity index (χ1v) is 9.39. The van der Waals surface area contributed by atoms with E-state index >= 15 is 0 Å². The monoisotopic (exact) mass is 384 g/mol. The topological polar surface area (TPSA) is 70.5 Å². The maximum atomic E-state index is 12.1. The average Bonchev–Trinajstić information content (AvgIpc) is 3.21. The second-order valence-electron chi connectivity index (χ2n) is 7.22. The molecule has 1 fully saturated rings. The van der Waals surface area contributed by atoms with Crippen molar-refractivity contribution in [3.05, 3.63) is 68.2 Å². The van der Waals surface area contributed by atoms with Crippen LogP contribution in [0.3, 0.4) is 0 Å². The summed E-state index contributed by atoms with van der Waals surface area (Å²) in [6, 6.07) is 8.91. The molecule has 0 radical (unpaired) electrons. The molecule has 1 N–H and O–H groups in total. The third kappa shape index (κ3) is 3.55. The minimum absolute atomic E-state index is 0.0499. The van der Waals surface area contributed by atoms with Crippen molar-refractivity contribution in [2.45, 2.75) is 32.7 Å². The number of carbonyl (C=O) groups excluding carboxylic acids is 1. The predicted molar refractivity (Wildman–Crippen MR) is 105 cm³/mol. The molecule has 7 heteroatoms. The zero-order valence-corrected chi connectivity index (χ0v) is 16.1. The molecule has 4 rings (SSSR count). The second-order valence-corrected chi connectivity index (χ2v) is 7.66. The van der Waals surface area contributed by atoms with E-state index in [2.05, 4.69) is 15.0 Å². The number of nitrogens with one attached hydrogen (secondary N) is 1.